The molecular weight excluding hydrogens is 204 g/mol. The van der Waals surface area contributed by atoms with Gasteiger partial charge in [0.15, 0.2) is 0 Å². The lowest BCUT2D eigenvalue weighted by atomic mass is 10.9. The summed E-state index contributed by atoms with van der Waals surface area (Å²) in [5.41, 5.74) is 0. The Bertz CT molecular complexity index is 336. The van der Waals surface area contributed by atoms with Crippen molar-refractivity contribution < 1.29 is 21.6 Å². The Balaban J connectivity index is 4.77. The minimum absolute atomic E-state index is 0.143. The standard InChI is InChI=1S/C5H10O5S2/c1-3-11(6,7)12(8,9)5-4-10-2/h3H,1,4-5H2,2H3. The summed E-state index contributed by atoms with van der Waals surface area (Å²) in [4.78, 5) is 0. The molecule has 0 unspecified atom stereocenters. The second-order valence-electron chi connectivity index (χ2n) is 1.91. The molecule has 0 fully saturated rings. The summed E-state index contributed by atoms with van der Waals surface area (Å²) in [7, 11) is -7.07. The van der Waals surface area contributed by atoms with Gasteiger partial charge in [0.2, 0.25) is 0 Å². The summed E-state index contributed by atoms with van der Waals surface area (Å²) in [6, 6.07) is 0. The van der Waals surface area contributed by atoms with Crippen LogP contribution < -0.4 is 0 Å². The van der Waals surface area contributed by atoms with Crippen molar-refractivity contribution in [3.05, 3.63) is 12.0 Å². The Morgan fingerprint density at radius 1 is 1.33 bits per heavy atom. The van der Waals surface area contributed by atoms with Gasteiger partial charge in [0, 0.05) is 12.5 Å². The molecular formula is C5H10O5S2. The minimum Gasteiger partial charge on any atom is -0.384 e. The summed E-state index contributed by atoms with van der Waals surface area (Å²) in [5, 5.41) is 0.415. The first-order valence-corrected chi connectivity index (χ1v) is 6.68. The van der Waals surface area contributed by atoms with Crippen LogP contribution in [0.3, 0.4) is 0 Å². The van der Waals surface area contributed by atoms with Gasteiger partial charge in [-0.15, -0.1) is 0 Å². The Morgan fingerprint density at radius 2 is 1.83 bits per heavy atom. The SMILES string of the molecule is C=CS(=O)(=O)S(=O)(=O)CCOC. The van der Waals surface area contributed by atoms with E-state index >= 15 is 0 Å². The third-order valence-corrected chi connectivity index (χ3v) is 5.91. The van der Waals surface area contributed by atoms with Gasteiger partial charge in [0.1, 0.15) is 0 Å². The molecule has 0 aliphatic carbocycles. The molecule has 0 bridgehead atoms. The zero-order valence-corrected chi connectivity index (χ0v) is 8.19. The van der Waals surface area contributed by atoms with E-state index in [-0.39, 0.29) is 6.61 Å². The fourth-order valence-corrected chi connectivity index (χ4v) is 2.74. The summed E-state index contributed by atoms with van der Waals surface area (Å²) >= 11 is 0. The van der Waals surface area contributed by atoms with Crippen molar-refractivity contribution in [1.82, 2.24) is 0 Å². The van der Waals surface area contributed by atoms with Crippen LogP contribution in [0.15, 0.2) is 12.0 Å². The van der Waals surface area contributed by atoms with Crippen LogP contribution in [0.5, 0.6) is 0 Å². The minimum atomic E-state index is -4.21. The summed E-state index contributed by atoms with van der Waals surface area (Å²) in [6.07, 6.45) is 0. The molecule has 0 amide bonds. The lowest BCUT2D eigenvalue weighted by Gasteiger charge is -1.99. The van der Waals surface area contributed by atoms with Crippen molar-refractivity contribution in [1.29, 1.82) is 0 Å². The fraction of sp³-hybridized carbons (Fsp3) is 0.600. The molecule has 0 aromatic heterocycles. The molecule has 72 valence electrons. The van der Waals surface area contributed by atoms with E-state index < -0.39 is 23.5 Å². The van der Waals surface area contributed by atoms with E-state index in [1.54, 1.807) is 0 Å². The predicted molar refractivity (Wildman–Crippen MR) is 44.8 cm³/mol. The van der Waals surface area contributed by atoms with E-state index in [2.05, 4.69) is 11.3 Å². The third kappa shape index (κ3) is 2.58. The van der Waals surface area contributed by atoms with Crippen LogP contribution in [0.4, 0.5) is 0 Å². The van der Waals surface area contributed by atoms with Crippen LogP contribution in [-0.2, 0) is 22.5 Å². The van der Waals surface area contributed by atoms with Crippen molar-refractivity contribution in [2.75, 3.05) is 19.5 Å². The molecule has 0 saturated heterocycles. The number of ether oxygens (including phenoxy) is 1. The Labute approximate surface area is 71.3 Å². The Morgan fingerprint density at radius 3 is 2.17 bits per heavy atom. The molecule has 5 nitrogen and oxygen atoms in total. The number of hydrogen-bond acceptors (Lipinski definition) is 5. The van der Waals surface area contributed by atoms with Crippen LogP contribution in [0, 0.1) is 0 Å². The molecule has 0 heterocycles. The van der Waals surface area contributed by atoms with Gasteiger partial charge < -0.3 is 4.74 Å². The Hall–Kier alpha value is -0.400. The van der Waals surface area contributed by atoms with Gasteiger partial charge >= 0.3 is 0 Å². The maximum absolute atomic E-state index is 10.9. The summed E-state index contributed by atoms with van der Waals surface area (Å²) < 4.78 is 47.8. The third-order valence-electron chi connectivity index (χ3n) is 1.10. The van der Waals surface area contributed by atoms with Crippen molar-refractivity contribution in [2.45, 2.75) is 0 Å². The highest BCUT2D eigenvalue weighted by molar-refractivity contribution is 8.68. The second kappa shape index (κ2) is 4.01. The van der Waals surface area contributed by atoms with Gasteiger partial charge in [-0.2, -0.15) is 0 Å². The van der Waals surface area contributed by atoms with E-state index in [4.69, 9.17) is 0 Å². The monoisotopic (exact) mass is 214 g/mol. The number of methoxy groups -OCH3 is 1. The molecule has 12 heavy (non-hydrogen) atoms. The lowest BCUT2D eigenvalue weighted by molar-refractivity contribution is 0.217. The predicted octanol–water partition coefficient (Wildman–Crippen LogP) is -0.479. The number of hydrogen-bond donors (Lipinski definition) is 0. The zero-order chi connectivity index (χ0) is 9.83. The molecule has 0 atom stereocenters. The van der Waals surface area contributed by atoms with Crippen LogP contribution in [0.2, 0.25) is 0 Å². The van der Waals surface area contributed by atoms with Crippen LogP contribution in [0.25, 0.3) is 0 Å². The molecule has 0 saturated carbocycles. The van der Waals surface area contributed by atoms with Crippen LogP contribution in [-0.4, -0.2) is 36.3 Å². The highest BCUT2D eigenvalue weighted by Gasteiger charge is 2.25. The van der Waals surface area contributed by atoms with E-state index in [1.807, 2.05) is 0 Å². The van der Waals surface area contributed by atoms with Crippen LogP contribution in [0.1, 0.15) is 0 Å². The summed E-state index contributed by atoms with van der Waals surface area (Å²) in [6.45, 7) is 2.76. The first kappa shape index (κ1) is 11.6. The van der Waals surface area contributed by atoms with Gasteiger partial charge in [-0.25, -0.2) is 16.8 Å². The normalized spacial score (nSPS) is 12.8. The van der Waals surface area contributed by atoms with Gasteiger partial charge in [0.05, 0.1) is 12.4 Å². The highest BCUT2D eigenvalue weighted by atomic mass is 33.2. The average molecular weight is 214 g/mol. The molecule has 0 rings (SSSR count). The smallest absolute Gasteiger partial charge is 0.274 e. The molecule has 0 aromatic rings. The quantitative estimate of drug-likeness (QED) is 0.578. The maximum Gasteiger partial charge on any atom is 0.274 e. The first-order valence-electron chi connectivity index (χ1n) is 2.96. The molecule has 7 heteroatoms. The molecule has 0 aliphatic heterocycles. The second-order valence-corrected chi connectivity index (χ2v) is 7.67. The molecule has 0 spiro atoms. The van der Waals surface area contributed by atoms with Crippen molar-refractivity contribution in [3.8, 4) is 0 Å². The van der Waals surface area contributed by atoms with Crippen LogP contribution >= 0.6 is 0 Å². The van der Waals surface area contributed by atoms with Gasteiger partial charge in [0.25, 0.3) is 17.7 Å². The topological polar surface area (TPSA) is 77.5 Å². The van der Waals surface area contributed by atoms with E-state index in [1.165, 1.54) is 7.11 Å². The number of rotatable bonds is 5. The van der Waals surface area contributed by atoms with E-state index in [0.29, 0.717) is 5.41 Å². The van der Waals surface area contributed by atoms with Gasteiger partial charge in [-0.3, -0.25) is 0 Å². The maximum atomic E-state index is 10.9. The van der Waals surface area contributed by atoms with Gasteiger partial charge in [-0.1, -0.05) is 6.58 Å². The summed E-state index contributed by atoms with van der Waals surface area (Å²) in [5.74, 6) is -0.544. The fourth-order valence-electron chi connectivity index (χ4n) is 0.405. The lowest BCUT2D eigenvalue weighted by Crippen LogP contribution is -2.19. The molecule has 0 aliphatic rings. The van der Waals surface area contributed by atoms with E-state index in [9.17, 15) is 16.8 Å². The van der Waals surface area contributed by atoms with Crippen molar-refractivity contribution in [3.63, 3.8) is 0 Å². The molecule has 0 N–H and O–H groups in total. The zero-order valence-electron chi connectivity index (χ0n) is 6.56. The highest BCUT2D eigenvalue weighted by Crippen LogP contribution is 2.04. The largest absolute Gasteiger partial charge is 0.384 e. The van der Waals surface area contributed by atoms with Crippen molar-refractivity contribution in [2.24, 2.45) is 0 Å². The van der Waals surface area contributed by atoms with E-state index in [0.717, 1.165) is 0 Å². The average Bonchev–Trinajstić information content (AvgIpc) is 2.00. The van der Waals surface area contributed by atoms with Crippen molar-refractivity contribution >= 4 is 17.7 Å². The Kier molecular flexibility index (Phi) is 3.88. The van der Waals surface area contributed by atoms with Gasteiger partial charge in [-0.05, 0) is 0 Å². The molecule has 0 radical (unpaired) electrons. The first-order chi connectivity index (χ1) is 5.37. The molecule has 0 aromatic carbocycles.